The molecule has 5 heteroatoms. The standard InChI is InChI=1S/C29H31NO4/c1-4-32-28(29(31)33-5-2)20-21-14-16-22(17-15-21)34-19-18-23-24-10-6-8-12-26(24)30(3)27-13-9-7-11-25(23)27/h6-18,28H,4-5,19-20H2,1-3H3. The van der Waals surface area contributed by atoms with Gasteiger partial charge >= 0.3 is 5.97 Å². The summed E-state index contributed by atoms with van der Waals surface area (Å²) in [6.45, 7) is 4.92. The van der Waals surface area contributed by atoms with Crippen LogP contribution in [-0.2, 0) is 20.7 Å². The fourth-order valence-electron chi connectivity index (χ4n) is 4.29. The summed E-state index contributed by atoms with van der Waals surface area (Å²) in [6.07, 6.45) is 2.02. The Hall–Kier alpha value is -3.57. The van der Waals surface area contributed by atoms with Gasteiger partial charge in [0.15, 0.2) is 6.10 Å². The van der Waals surface area contributed by atoms with Gasteiger partial charge in [0, 0.05) is 42.6 Å². The number of carbonyl (C=O) groups excluding carboxylic acids is 1. The Morgan fingerprint density at radius 2 is 1.50 bits per heavy atom. The Bertz CT molecular complexity index is 1100. The van der Waals surface area contributed by atoms with Gasteiger partial charge in [-0.15, -0.1) is 0 Å². The van der Waals surface area contributed by atoms with Gasteiger partial charge < -0.3 is 19.1 Å². The quantitative estimate of drug-likeness (QED) is 0.381. The van der Waals surface area contributed by atoms with E-state index in [4.69, 9.17) is 14.2 Å². The summed E-state index contributed by atoms with van der Waals surface area (Å²) in [7, 11) is 2.10. The van der Waals surface area contributed by atoms with Gasteiger partial charge in [-0.25, -0.2) is 4.79 Å². The molecule has 0 aliphatic carbocycles. The van der Waals surface area contributed by atoms with Crippen LogP contribution in [0.4, 0.5) is 11.4 Å². The molecule has 0 amide bonds. The van der Waals surface area contributed by atoms with Gasteiger partial charge in [0.2, 0.25) is 0 Å². The number of nitrogens with zero attached hydrogens (tertiary/aromatic N) is 1. The molecule has 1 unspecified atom stereocenters. The Balaban J connectivity index is 1.46. The average Bonchev–Trinajstić information content (AvgIpc) is 2.87. The molecule has 4 rings (SSSR count). The summed E-state index contributed by atoms with van der Waals surface area (Å²) in [5.41, 5.74) is 6.93. The predicted molar refractivity (Wildman–Crippen MR) is 136 cm³/mol. The van der Waals surface area contributed by atoms with E-state index in [1.165, 1.54) is 28.1 Å². The minimum Gasteiger partial charge on any atom is -0.490 e. The number of esters is 1. The number of hydrogen-bond donors (Lipinski definition) is 0. The maximum Gasteiger partial charge on any atom is 0.335 e. The second-order valence-electron chi connectivity index (χ2n) is 8.07. The zero-order valence-corrected chi connectivity index (χ0v) is 20.0. The van der Waals surface area contributed by atoms with Crippen LogP contribution in [0, 0.1) is 0 Å². The van der Waals surface area contributed by atoms with Crippen molar-refractivity contribution in [1.29, 1.82) is 0 Å². The lowest BCUT2D eigenvalue weighted by Crippen LogP contribution is -2.28. The molecule has 0 fully saturated rings. The van der Waals surface area contributed by atoms with E-state index >= 15 is 0 Å². The second kappa shape index (κ2) is 11.0. The summed E-state index contributed by atoms with van der Waals surface area (Å²) in [6, 6.07) is 24.7. The molecule has 0 saturated heterocycles. The minimum absolute atomic E-state index is 0.324. The highest BCUT2D eigenvalue weighted by Crippen LogP contribution is 2.43. The molecule has 3 aromatic rings. The van der Waals surface area contributed by atoms with Gasteiger partial charge in [-0.2, -0.15) is 0 Å². The fraction of sp³-hybridized carbons (Fsp3) is 0.276. The third-order valence-electron chi connectivity index (χ3n) is 5.91. The molecule has 0 radical (unpaired) electrons. The van der Waals surface area contributed by atoms with Crippen molar-refractivity contribution in [2.24, 2.45) is 0 Å². The van der Waals surface area contributed by atoms with E-state index in [1.807, 2.05) is 31.2 Å². The third-order valence-corrected chi connectivity index (χ3v) is 5.91. The van der Waals surface area contributed by atoms with Crippen LogP contribution in [0.2, 0.25) is 0 Å². The summed E-state index contributed by atoms with van der Waals surface area (Å²) < 4.78 is 16.7. The Morgan fingerprint density at radius 3 is 2.09 bits per heavy atom. The number of para-hydroxylation sites is 2. The summed E-state index contributed by atoms with van der Waals surface area (Å²) in [5, 5.41) is 0. The van der Waals surface area contributed by atoms with E-state index in [2.05, 4.69) is 66.6 Å². The van der Waals surface area contributed by atoms with Gasteiger partial charge in [-0.3, -0.25) is 0 Å². The largest absolute Gasteiger partial charge is 0.490 e. The summed E-state index contributed by atoms with van der Waals surface area (Å²) >= 11 is 0. The van der Waals surface area contributed by atoms with Crippen molar-refractivity contribution < 1.29 is 19.0 Å². The zero-order valence-electron chi connectivity index (χ0n) is 20.0. The first kappa shape index (κ1) is 23.6. The van der Waals surface area contributed by atoms with Gasteiger partial charge in [0.05, 0.1) is 6.61 Å². The normalized spacial score (nSPS) is 13.0. The van der Waals surface area contributed by atoms with Crippen LogP contribution < -0.4 is 9.64 Å². The first-order valence-electron chi connectivity index (χ1n) is 11.7. The van der Waals surface area contributed by atoms with Gasteiger partial charge in [-0.05, 0) is 55.3 Å². The first-order chi connectivity index (χ1) is 16.6. The zero-order chi connectivity index (χ0) is 23.9. The lowest BCUT2D eigenvalue weighted by molar-refractivity contribution is -0.156. The number of anilines is 2. The highest BCUT2D eigenvalue weighted by Gasteiger charge is 2.23. The molecule has 0 bridgehead atoms. The van der Waals surface area contributed by atoms with Crippen LogP contribution in [0.25, 0.3) is 5.57 Å². The van der Waals surface area contributed by atoms with Crippen molar-refractivity contribution in [3.63, 3.8) is 0 Å². The van der Waals surface area contributed by atoms with Gasteiger partial charge in [0.1, 0.15) is 12.4 Å². The lowest BCUT2D eigenvalue weighted by Gasteiger charge is -2.31. The highest BCUT2D eigenvalue weighted by atomic mass is 16.6. The van der Waals surface area contributed by atoms with Crippen molar-refractivity contribution in [3.8, 4) is 5.75 Å². The van der Waals surface area contributed by atoms with E-state index in [0.717, 1.165) is 11.3 Å². The molecule has 176 valence electrons. The molecule has 0 aromatic heterocycles. The molecular weight excluding hydrogens is 426 g/mol. The van der Waals surface area contributed by atoms with E-state index < -0.39 is 6.10 Å². The van der Waals surface area contributed by atoms with Crippen molar-refractivity contribution in [3.05, 3.63) is 95.6 Å². The van der Waals surface area contributed by atoms with Gasteiger partial charge in [-0.1, -0.05) is 48.5 Å². The van der Waals surface area contributed by atoms with Crippen LogP contribution in [0.1, 0.15) is 30.5 Å². The molecule has 0 saturated carbocycles. The van der Waals surface area contributed by atoms with E-state index in [1.54, 1.807) is 6.92 Å². The molecule has 34 heavy (non-hydrogen) atoms. The number of ether oxygens (including phenoxy) is 3. The Morgan fingerprint density at radius 1 is 0.882 bits per heavy atom. The van der Waals surface area contributed by atoms with Crippen LogP contribution >= 0.6 is 0 Å². The number of fused-ring (bicyclic) bond motifs is 2. The Labute approximate surface area is 201 Å². The number of carbonyl (C=O) groups is 1. The highest BCUT2D eigenvalue weighted by molar-refractivity contribution is 5.97. The SMILES string of the molecule is CCOC(=O)C(Cc1ccc(OCC=C2c3ccccc3N(C)c3ccccc32)cc1)OCC. The summed E-state index contributed by atoms with van der Waals surface area (Å²) in [5.74, 6) is 0.453. The molecule has 0 spiro atoms. The van der Waals surface area contributed by atoms with Crippen LogP contribution in [-0.4, -0.2) is 38.9 Å². The fourth-order valence-corrected chi connectivity index (χ4v) is 4.29. The topological polar surface area (TPSA) is 48.0 Å². The van der Waals surface area contributed by atoms with Crippen molar-refractivity contribution in [1.82, 2.24) is 0 Å². The molecule has 1 atom stereocenters. The molecule has 3 aromatic carbocycles. The lowest BCUT2D eigenvalue weighted by atomic mass is 9.90. The monoisotopic (exact) mass is 457 g/mol. The average molecular weight is 458 g/mol. The van der Waals surface area contributed by atoms with Crippen LogP contribution in [0.5, 0.6) is 5.75 Å². The maximum absolute atomic E-state index is 12.1. The van der Waals surface area contributed by atoms with Crippen molar-refractivity contribution >= 4 is 22.9 Å². The molecular formula is C29H31NO4. The number of benzene rings is 3. The van der Waals surface area contributed by atoms with E-state index in [9.17, 15) is 4.79 Å². The smallest absolute Gasteiger partial charge is 0.335 e. The first-order valence-corrected chi connectivity index (χ1v) is 11.7. The second-order valence-corrected chi connectivity index (χ2v) is 8.07. The molecule has 1 heterocycles. The maximum atomic E-state index is 12.1. The van der Waals surface area contributed by atoms with E-state index in [-0.39, 0.29) is 5.97 Å². The minimum atomic E-state index is -0.592. The van der Waals surface area contributed by atoms with Crippen LogP contribution in [0.15, 0.2) is 78.9 Å². The molecule has 5 nitrogen and oxygen atoms in total. The molecule has 1 aliphatic heterocycles. The van der Waals surface area contributed by atoms with E-state index in [0.29, 0.717) is 26.2 Å². The Kier molecular flexibility index (Phi) is 7.65. The molecule has 1 aliphatic rings. The number of rotatable bonds is 9. The number of hydrogen-bond acceptors (Lipinski definition) is 5. The third kappa shape index (κ3) is 5.15. The van der Waals surface area contributed by atoms with Crippen LogP contribution in [0.3, 0.4) is 0 Å². The van der Waals surface area contributed by atoms with Gasteiger partial charge in [0.25, 0.3) is 0 Å². The van der Waals surface area contributed by atoms with Crippen molar-refractivity contribution in [2.75, 3.05) is 31.8 Å². The predicted octanol–water partition coefficient (Wildman–Crippen LogP) is 5.79. The van der Waals surface area contributed by atoms with Crippen molar-refractivity contribution in [2.45, 2.75) is 26.4 Å². The molecule has 0 N–H and O–H groups in total. The summed E-state index contributed by atoms with van der Waals surface area (Å²) in [4.78, 5) is 14.3.